The van der Waals surface area contributed by atoms with Crippen LogP contribution in [0.5, 0.6) is 0 Å². The van der Waals surface area contributed by atoms with E-state index in [-0.39, 0.29) is 24.7 Å². The zero-order valence-electron chi connectivity index (χ0n) is 17.1. The lowest BCUT2D eigenvalue weighted by molar-refractivity contribution is -0.123. The van der Waals surface area contributed by atoms with E-state index in [9.17, 15) is 13.6 Å². The van der Waals surface area contributed by atoms with Gasteiger partial charge < -0.3 is 19.9 Å². The van der Waals surface area contributed by atoms with Crippen molar-refractivity contribution in [3.63, 3.8) is 0 Å². The number of aromatic nitrogens is 1. The summed E-state index contributed by atoms with van der Waals surface area (Å²) in [5, 5.41) is 3.37. The molecule has 2 aliphatic heterocycles. The van der Waals surface area contributed by atoms with E-state index in [1.807, 2.05) is 30.3 Å². The fourth-order valence-corrected chi connectivity index (χ4v) is 5.36. The first-order valence-corrected chi connectivity index (χ1v) is 10.9. The third-order valence-electron chi connectivity index (χ3n) is 7.18. The molecule has 162 valence electrons. The Bertz CT molecular complexity index is 1030. The molecule has 0 bridgehead atoms. The van der Waals surface area contributed by atoms with Gasteiger partial charge in [-0.15, -0.1) is 0 Å². The Morgan fingerprint density at radius 2 is 1.94 bits per heavy atom. The van der Waals surface area contributed by atoms with E-state index >= 15 is 0 Å². The number of benzene rings is 1. The summed E-state index contributed by atoms with van der Waals surface area (Å²) in [7, 11) is 0. The lowest BCUT2D eigenvalue weighted by Gasteiger charge is -2.31. The van der Waals surface area contributed by atoms with E-state index < -0.39 is 17.8 Å². The maximum atomic E-state index is 13.7. The van der Waals surface area contributed by atoms with Crippen molar-refractivity contribution in [1.29, 1.82) is 0 Å². The van der Waals surface area contributed by atoms with Crippen LogP contribution < -0.4 is 15.1 Å². The number of fused-ring (bicyclic) bond motifs is 3. The van der Waals surface area contributed by atoms with E-state index in [0.717, 1.165) is 41.5 Å². The number of carbonyl (C=O) groups is 1. The number of nitrogens with zero attached hydrogens (tertiary/aromatic N) is 3. The first-order valence-electron chi connectivity index (χ1n) is 10.9. The summed E-state index contributed by atoms with van der Waals surface area (Å²) in [6, 6.07) is 9.85. The van der Waals surface area contributed by atoms with E-state index in [0.29, 0.717) is 19.8 Å². The van der Waals surface area contributed by atoms with Gasteiger partial charge in [-0.05, 0) is 37.1 Å². The van der Waals surface area contributed by atoms with Crippen LogP contribution in [-0.4, -0.2) is 43.1 Å². The van der Waals surface area contributed by atoms with Gasteiger partial charge in [0.2, 0.25) is 5.91 Å². The number of rotatable bonds is 2. The van der Waals surface area contributed by atoms with Gasteiger partial charge in [0.1, 0.15) is 5.82 Å². The lowest BCUT2D eigenvalue weighted by atomic mass is 10.00. The fraction of sp³-hybridized carbons (Fsp3) is 0.478. The van der Waals surface area contributed by atoms with E-state index in [2.05, 4.69) is 15.2 Å². The quantitative estimate of drug-likeness (QED) is 0.792. The molecule has 2 aromatic rings. The van der Waals surface area contributed by atoms with Gasteiger partial charge >= 0.3 is 0 Å². The first-order chi connectivity index (χ1) is 15.0. The van der Waals surface area contributed by atoms with Crippen LogP contribution in [0.25, 0.3) is 0 Å². The van der Waals surface area contributed by atoms with Crippen molar-refractivity contribution in [1.82, 2.24) is 4.98 Å². The molecule has 1 N–H and O–H groups in total. The van der Waals surface area contributed by atoms with Gasteiger partial charge in [0.25, 0.3) is 5.92 Å². The molecule has 31 heavy (non-hydrogen) atoms. The van der Waals surface area contributed by atoms with Gasteiger partial charge in [0, 0.05) is 48.3 Å². The highest BCUT2D eigenvalue weighted by atomic mass is 19.3. The lowest BCUT2D eigenvalue weighted by Crippen LogP contribution is -2.37. The molecule has 6 rings (SSSR count). The number of halogens is 2. The van der Waals surface area contributed by atoms with Crippen molar-refractivity contribution in [3.05, 3.63) is 42.1 Å². The Kier molecular flexibility index (Phi) is 4.21. The number of hydrogen-bond acceptors (Lipinski definition) is 5. The molecule has 2 aliphatic carbocycles. The Balaban J connectivity index is 1.36. The summed E-state index contributed by atoms with van der Waals surface area (Å²) in [6.07, 6.45) is 2.27. The summed E-state index contributed by atoms with van der Waals surface area (Å²) >= 11 is 0. The van der Waals surface area contributed by atoms with Crippen LogP contribution in [0.1, 0.15) is 18.4 Å². The molecule has 1 amide bonds. The van der Waals surface area contributed by atoms with Crippen LogP contribution >= 0.6 is 0 Å². The minimum atomic E-state index is -2.57. The van der Waals surface area contributed by atoms with Gasteiger partial charge in [0.15, 0.2) is 0 Å². The van der Waals surface area contributed by atoms with Crippen molar-refractivity contribution in [2.75, 3.05) is 41.4 Å². The monoisotopic (exact) mass is 426 g/mol. The van der Waals surface area contributed by atoms with Crippen molar-refractivity contribution < 1.29 is 18.3 Å². The summed E-state index contributed by atoms with van der Waals surface area (Å²) < 4.78 is 32.9. The second-order valence-electron chi connectivity index (χ2n) is 8.92. The third kappa shape index (κ3) is 3.07. The minimum Gasteiger partial charge on any atom is -0.378 e. The zero-order valence-corrected chi connectivity index (χ0v) is 17.1. The second-order valence-corrected chi connectivity index (χ2v) is 8.92. The number of amides is 1. The summed E-state index contributed by atoms with van der Waals surface area (Å²) in [5.41, 5.74) is 3.52. The Morgan fingerprint density at radius 3 is 2.71 bits per heavy atom. The molecule has 3 atom stereocenters. The van der Waals surface area contributed by atoms with Gasteiger partial charge in [-0.1, -0.05) is 6.07 Å². The summed E-state index contributed by atoms with van der Waals surface area (Å²) in [4.78, 5) is 22.0. The van der Waals surface area contributed by atoms with Crippen molar-refractivity contribution in [2.24, 2.45) is 17.8 Å². The van der Waals surface area contributed by atoms with Crippen molar-refractivity contribution in [3.8, 4) is 0 Å². The molecular weight excluding hydrogens is 402 g/mol. The number of morpholine rings is 1. The van der Waals surface area contributed by atoms with Gasteiger partial charge in [0.05, 0.1) is 31.1 Å². The fourth-order valence-electron chi connectivity index (χ4n) is 5.36. The maximum Gasteiger partial charge on any atom is 0.254 e. The maximum absolute atomic E-state index is 13.7. The Labute approximate surface area is 179 Å². The van der Waals surface area contributed by atoms with Gasteiger partial charge in [-0.25, -0.2) is 13.8 Å². The Morgan fingerprint density at radius 1 is 1.16 bits per heavy atom. The molecule has 6 nitrogen and oxygen atoms in total. The van der Waals surface area contributed by atoms with E-state index in [4.69, 9.17) is 4.74 Å². The SMILES string of the molecule is O=C([C@@H]1C[C@@H]2[C@H](C1)C2(F)F)N1Cc2cccnc2Nc2ccc(N3CCOCC3)cc21. The molecule has 2 saturated carbocycles. The molecule has 0 unspecified atom stereocenters. The number of hydrogen-bond donors (Lipinski definition) is 1. The molecule has 3 fully saturated rings. The molecule has 3 heterocycles. The third-order valence-corrected chi connectivity index (χ3v) is 7.18. The van der Waals surface area contributed by atoms with E-state index in [1.165, 1.54) is 0 Å². The highest BCUT2D eigenvalue weighted by Crippen LogP contribution is 2.66. The standard InChI is InChI=1S/C23H24F2N4O2/c24-23(25)17-10-15(11-18(17)23)22(30)29-13-14-2-1-5-26-21(14)27-19-4-3-16(12-20(19)29)28-6-8-31-9-7-28/h1-5,12,15,17-18H,6-11,13H2,(H,26,27)/t15-,17-,18+. The van der Waals surface area contributed by atoms with Crippen LogP contribution in [0.2, 0.25) is 0 Å². The smallest absolute Gasteiger partial charge is 0.254 e. The minimum absolute atomic E-state index is 0.0677. The number of alkyl halides is 2. The molecule has 1 aromatic carbocycles. The van der Waals surface area contributed by atoms with Crippen molar-refractivity contribution >= 4 is 28.8 Å². The number of anilines is 4. The second kappa shape index (κ2) is 6.88. The highest BCUT2D eigenvalue weighted by Gasteiger charge is 2.72. The molecule has 1 aromatic heterocycles. The van der Waals surface area contributed by atoms with E-state index in [1.54, 1.807) is 11.1 Å². The summed E-state index contributed by atoms with van der Waals surface area (Å²) in [6.45, 7) is 3.31. The number of nitrogens with one attached hydrogen (secondary N) is 1. The molecule has 0 radical (unpaired) electrons. The molecule has 8 heteroatoms. The van der Waals surface area contributed by atoms with Crippen LogP contribution in [0.3, 0.4) is 0 Å². The predicted octanol–water partition coefficient (Wildman–Crippen LogP) is 3.80. The number of ether oxygens (including phenoxy) is 1. The highest BCUT2D eigenvalue weighted by molar-refractivity contribution is 6.00. The van der Waals surface area contributed by atoms with Crippen LogP contribution in [0.15, 0.2) is 36.5 Å². The topological polar surface area (TPSA) is 57.7 Å². The normalized spacial score (nSPS) is 28.1. The Hall–Kier alpha value is -2.74. The first kappa shape index (κ1) is 19.0. The van der Waals surface area contributed by atoms with Crippen LogP contribution in [-0.2, 0) is 16.1 Å². The molecular formula is C23H24F2N4O2. The van der Waals surface area contributed by atoms with Crippen LogP contribution in [0, 0.1) is 17.8 Å². The number of pyridine rings is 1. The zero-order chi connectivity index (χ0) is 21.2. The molecule has 1 saturated heterocycles. The molecule has 0 spiro atoms. The number of carbonyl (C=O) groups excluding carboxylic acids is 1. The van der Waals surface area contributed by atoms with Crippen molar-refractivity contribution in [2.45, 2.75) is 25.3 Å². The molecule has 4 aliphatic rings. The van der Waals surface area contributed by atoms with Gasteiger partial charge in [-0.2, -0.15) is 0 Å². The van der Waals surface area contributed by atoms with Gasteiger partial charge in [-0.3, -0.25) is 4.79 Å². The van der Waals surface area contributed by atoms with Crippen LogP contribution in [0.4, 0.5) is 31.7 Å². The predicted molar refractivity (Wildman–Crippen MR) is 113 cm³/mol. The average molecular weight is 426 g/mol. The average Bonchev–Trinajstić information content (AvgIpc) is 3.10. The largest absolute Gasteiger partial charge is 0.378 e. The summed E-state index contributed by atoms with van der Waals surface area (Å²) in [5.74, 6) is -3.53.